The number of aromatic nitrogens is 2. The number of nitrogens with one attached hydrogen (secondary N) is 2. The van der Waals surface area contributed by atoms with Crippen molar-refractivity contribution in [1.82, 2.24) is 14.9 Å². The van der Waals surface area contributed by atoms with Crippen LogP contribution in [0.3, 0.4) is 0 Å². The lowest BCUT2D eigenvalue weighted by molar-refractivity contribution is 0.0686. The Morgan fingerprint density at radius 3 is 2.74 bits per heavy atom. The Morgan fingerprint density at radius 2 is 2.21 bits per heavy atom. The molecule has 1 heterocycles. The van der Waals surface area contributed by atoms with Crippen molar-refractivity contribution in [3.05, 3.63) is 11.4 Å². The predicted molar refractivity (Wildman–Crippen MR) is 66.5 cm³/mol. The van der Waals surface area contributed by atoms with Crippen molar-refractivity contribution in [2.75, 3.05) is 20.3 Å². The average molecular weight is 291 g/mol. The first kappa shape index (κ1) is 15.6. The van der Waals surface area contributed by atoms with E-state index in [1.165, 1.54) is 14.0 Å². The molecule has 8 nitrogen and oxygen atoms in total. The summed E-state index contributed by atoms with van der Waals surface area (Å²) < 4.78 is 31.4. The molecule has 0 aliphatic rings. The minimum absolute atomic E-state index is 0.0275. The van der Waals surface area contributed by atoms with E-state index in [4.69, 9.17) is 9.84 Å². The molecule has 3 N–H and O–H groups in total. The summed E-state index contributed by atoms with van der Waals surface area (Å²) in [7, 11) is -2.40. The van der Waals surface area contributed by atoms with Crippen LogP contribution in [-0.4, -0.2) is 50.0 Å². The number of H-pyrrole nitrogens is 1. The molecule has 1 aromatic rings. The fraction of sp³-hybridized carbons (Fsp3) is 0.600. The molecule has 108 valence electrons. The molecule has 0 radical (unpaired) electrons. The van der Waals surface area contributed by atoms with Gasteiger partial charge >= 0.3 is 5.97 Å². The third-order valence-corrected chi connectivity index (χ3v) is 4.02. The molecule has 1 unspecified atom stereocenters. The van der Waals surface area contributed by atoms with E-state index < -0.39 is 21.7 Å². The summed E-state index contributed by atoms with van der Waals surface area (Å²) >= 11 is 0. The second kappa shape index (κ2) is 6.13. The van der Waals surface area contributed by atoms with Crippen LogP contribution in [0, 0.1) is 12.8 Å². The summed E-state index contributed by atoms with van der Waals surface area (Å²) in [6, 6.07) is 0. The standard InChI is InChI=1S/C10H17N3O5S/c1-6(5-18-3)4-11-19(16,17)9-7(2)12-13-8(9)10(14)15/h6,11H,4-5H2,1-3H3,(H,12,13)(H,14,15). The minimum atomic E-state index is -3.92. The number of nitrogens with zero attached hydrogens (tertiary/aromatic N) is 1. The number of ether oxygens (including phenoxy) is 1. The Balaban J connectivity index is 2.95. The van der Waals surface area contributed by atoms with Gasteiger partial charge < -0.3 is 9.84 Å². The first-order chi connectivity index (χ1) is 8.79. The number of methoxy groups -OCH3 is 1. The van der Waals surface area contributed by atoms with Gasteiger partial charge in [0.1, 0.15) is 4.90 Å². The summed E-state index contributed by atoms with van der Waals surface area (Å²) in [6.45, 7) is 3.82. The van der Waals surface area contributed by atoms with Crippen LogP contribution >= 0.6 is 0 Å². The highest BCUT2D eigenvalue weighted by molar-refractivity contribution is 7.89. The summed E-state index contributed by atoms with van der Waals surface area (Å²) in [5, 5.41) is 14.7. The van der Waals surface area contributed by atoms with Gasteiger partial charge in [0.25, 0.3) is 0 Å². The molecule has 0 saturated carbocycles. The molecule has 0 aliphatic heterocycles. The highest BCUT2D eigenvalue weighted by Crippen LogP contribution is 2.17. The van der Waals surface area contributed by atoms with Crippen molar-refractivity contribution < 1.29 is 23.1 Å². The number of aromatic carboxylic acids is 1. The molecular formula is C10H17N3O5S. The van der Waals surface area contributed by atoms with Gasteiger partial charge in [-0.15, -0.1) is 0 Å². The molecule has 9 heteroatoms. The Kier molecular flexibility index (Phi) is 5.04. The Bertz CT molecular complexity index is 552. The summed E-state index contributed by atoms with van der Waals surface area (Å²) in [6.07, 6.45) is 0. The van der Waals surface area contributed by atoms with Crippen molar-refractivity contribution in [2.24, 2.45) is 5.92 Å². The lowest BCUT2D eigenvalue weighted by Gasteiger charge is -2.12. The molecule has 0 fully saturated rings. The van der Waals surface area contributed by atoms with Gasteiger partial charge in [-0.1, -0.05) is 6.92 Å². The number of hydrogen-bond acceptors (Lipinski definition) is 5. The van der Waals surface area contributed by atoms with E-state index in [-0.39, 0.29) is 23.1 Å². The van der Waals surface area contributed by atoms with E-state index in [1.807, 2.05) is 6.92 Å². The molecule has 1 aromatic heterocycles. The molecule has 0 aliphatic carbocycles. The fourth-order valence-electron chi connectivity index (χ4n) is 1.56. The lowest BCUT2D eigenvalue weighted by atomic mass is 10.2. The third-order valence-electron chi connectivity index (χ3n) is 2.44. The normalized spacial score (nSPS) is 13.4. The zero-order chi connectivity index (χ0) is 14.6. The highest BCUT2D eigenvalue weighted by Gasteiger charge is 2.28. The van der Waals surface area contributed by atoms with Gasteiger partial charge in [-0.25, -0.2) is 17.9 Å². The van der Waals surface area contributed by atoms with Crippen LogP contribution in [0.4, 0.5) is 0 Å². The maximum atomic E-state index is 12.1. The van der Waals surface area contributed by atoms with E-state index in [1.54, 1.807) is 0 Å². The van der Waals surface area contributed by atoms with E-state index in [9.17, 15) is 13.2 Å². The molecule has 1 atom stereocenters. The van der Waals surface area contributed by atoms with Gasteiger partial charge in [0.15, 0.2) is 5.69 Å². The molecule has 0 saturated heterocycles. The zero-order valence-corrected chi connectivity index (χ0v) is 11.7. The Morgan fingerprint density at radius 1 is 1.58 bits per heavy atom. The summed E-state index contributed by atoms with van der Waals surface area (Å²) in [5.41, 5.74) is -0.325. The monoisotopic (exact) mass is 291 g/mol. The summed E-state index contributed by atoms with van der Waals surface area (Å²) in [4.78, 5) is 10.6. The second-order valence-corrected chi connectivity index (χ2v) is 5.95. The molecule has 1 rings (SSSR count). The maximum absolute atomic E-state index is 12.1. The number of aryl methyl sites for hydroxylation is 1. The molecule has 19 heavy (non-hydrogen) atoms. The number of hydrogen-bond donors (Lipinski definition) is 3. The number of carboxylic acid groups (broad SMARTS) is 1. The zero-order valence-electron chi connectivity index (χ0n) is 10.9. The lowest BCUT2D eigenvalue weighted by Crippen LogP contribution is -2.31. The van der Waals surface area contributed by atoms with Crippen LogP contribution in [-0.2, 0) is 14.8 Å². The van der Waals surface area contributed by atoms with Gasteiger partial charge in [-0.3, -0.25) is 5.10 Å². The van der Waals surface area contributed by atoms with Gasteiger partial charge in [0.2, 0.25) is 10.0 Å². The first-order valence-electron chi connectivity index (χ1n) is 5.56. The third kappa shape index (κ3) is 3.75. The maximum Gasteiger partial charge on any atom is 0.357 e. The molecule has 0 amide bonds. The molecule has 0 aromatic carbocycles. The average Bonchev–Trinajstić information content (AvgIpc) is 2.70. The molecule has 0 bridgehead atoms. The van der Waals surface area contributed by atoms with Gasteiger partial charge in [-0.05, 0) is 12.8 Å². The van der Waals surface area contributed by atoms with E-state index >= 15 is 0 Å². The van der Waals surface area contributed by atoms with E-state index in [0.717, 1.165) is 0 Å². The fourth-order valence-corrected chi connectivity index (χ4v) is 3.04. The molecule has 0 spiro atoms. The van der Waals surface area contributed by atoms with Gasteiger partial charge in [0, 0.05) is 20.3 Å². The second-order valence-electron chi connectivity index (χ2n) is 4.24. The number of aromatic amines is 1. The van der Waals surface area contributed by atoms with Crippen molar-refractivity contribution in [2.45, 2.75) is 18.7 Å². The number of carboxylic acids is 1. The van der Waals surface area contributed by atoms with E-state index in [2.05, 4.69) is 14.9 Å². The largest absolute Gasteiger partial charge is 0.476 e. The van der Waals surface area contributed by atoms with Crippen molar-refractivity contribution in [3.63, 3.8) is 0 Å². The highest BCUT2D eigenvalue weighted by atomic mass is 32.2. The van der Waals surface area contributed by atoms with Crippen LogP contribution in [0.25, 0.3) is 0 Å². The van der Waals surface area contributed by atoms with Crippen LogP contribution in [0.5, 0.6) is 0 Å². The topological polar surface area (TPSA) is 121 Å². The summed E-state index contributed by atoms with van der Waals surface area (Å²) in [5.74, 6) is -1.42. The van der Waals surface area contributed by atoms with Crippen molar-refractivity contribution >= 4 is 16.0 Å². The number of sulfonamides is 1. The number of carbonyl (C=O) groups is 1. The SMILES string of the molecule is COCC(C)CNS(=O)(=O)c1c(C(=O)O)n[nH]c1C. The van der Waals surface area contributed by atoms with Crippen molar-refractivity contribution in [1.29, 1.82) is 0 Å². The minimum Gasteiger partial charge on any atom is -0.476 e. The molecular weight excluding hydrogens is 274 g/mol. The smallest absolute Gasteiger partial charge is 0.357 e. The van der Waals surface area contributed by atoms with Gasteiger partial charge in [0.05, 0.1) is 5.69 Å². The van der Waals surface area contributed by atoms with E-state index in [0.29, 0.717) is 6.61 Å². The predicted octanol–water partition coefficient (Wildman–Crippen LogP) is -0.0229. The van der Waals surface area contributed by atoms with Crippen molar-refractivity contribution in [3.8, 4) is 0 Å². The Labute approximate surface area is 111 Å². The quantitative estimate of drug-likeness (QED) is 0.649. The first-order valence-corrected chi connectivity index (χ1v) is 7.04. The Hall–Kier alpha value is -1.45. The number of rotatable bonds is 7. The van der Waals surface area contributed by atoms with Crippen LogP contribution in [0.1, 0.15) is 23.1 Å². The van der Waals surface area contributed by atoms with Crippen LogP contribution in [0.2, 0.25) is 0 Å². The van der Waals surface area contributed by atoms with Crippen LogP contribution < -0.4 is 4.72 Å². The van der Waals surface area contributed by atoms with Gasteiger partial charge in [-0.2, -0.15) is 5.10 Å². The van der Waals surface area contributed by atoms with Crippen LogP contribution in [0.15, 0.2) is 4.90 Å².